The van der Waals surface area contributed by atoms with Crippen molar-refractivity contribution in [1.82, 2.24) is 9.88 Å². The number of halogens is 1. The van der Waals surface area contributed by atoms with Crippen molar-refractivity contribution in [2.24, 2.45) is 0 Å². The Hall–Kier alpha value is -1.98. The average Bonchev–Trinajstić information content (AvgIpc) is 2.58. The molecule has 4 nitrogen and oxygen atoms in total. The number of rotatable bonds is 4. The Balaban J connectivity index is 1.65. The van der Waals surface area contributed by atoms with E-state index in [0.29, 0.717) is 31.5 Å². The number of ether oxygens (including phenoxy) is 1. The molecule has 0 aliphatic carbocycles. The molecule has 1 N–H and O–H groups in total. The minimum atomic E-state index is -1.12. The van der Waals surface area contributed by atoms with Crippen molar-refractivity contribution in [2.45, 2.75) is 25.0 Å². The quantitative estimate of drug-likeness (QED) is 0.881. The third-order valence-corrected chi connectivity index (χ3v) is 4.48. The molecular weight excluding hydrogens is 295 g/mol. The Morgan fingerprint density at radius 2 is 2.04 bits per heavy atom. The van der Waals surface area contributed by atoms with Crippen molar-refractivity contribution in [3.05, 3.63) is 59.7 Å². The van der Waals surface area contributed by atoms with Gasteiger partial charge in [-0.15, -0.1) is 0 Å². The molecule has 1 aliphatic rings. The molecule has 2 heterocycles. The number of aliphatic hydroxyl groups is 1. The smallest absolute Gasteiger partial charge is 0.218 e. The number of likely N-dealkylation sites (tertiary alicyclic amines) is 1. The summed E-state index contributed by atoms with van der Waals surface area (Å²) in [5.41, 5.74) is 0.354. The zero-order chi connectivity index (χ0) is 16.3. The van der Waals surface area contributed by atoms with Crippen LogP contribution in [0.1, 0.15) is 24.0 Å². The molecule has 1 saturated heterocycles. The van der Waals surface area contributed by atoms with Crippen LogP contribution in [0.2, 0.25) is 0 Å². The van der Waals surface area contributed by atoms with Crippen LogP contribution in [0.5, 0.6) is 5.75 Å². The summed E-state index contributed by atoms with van der Waals surface area (Å²) < 4.78 is 19.1. The van der Waals surface area contributed by atoms with Crippen molar-refractivity contribution >= 4 is 0 Å². The van der Waals surface area contributed by atoms with Gasteiger partial charge in [0.1, 0.15) is 5.75 Å². The summed E-state index contributed by atoms with van der Waals surface area (Å²) in [6.07, 6.45) is 2.40. The van der Waals surface area contributed by atoms with Gasteiger partial charge < -0.3 is 9.84 Å². The number of benzene rings is 1. The lowest BCUT2D eigenvalue weighted by molar-refractivity contribution is -0.0308. The van der Waals surface area contributed by atoms with Crippen LogP contribution < -0.4 is 4.74 Å². The van der Waals surface area contributed by atoms with Crippen LogP contribution in [-0.4, -0.2) is 35.2 Å². The van der Waals surface area contributed by atoms with Crippen LogP contribution >= 0.6 is 0 Å². The summed E-state index contributed by atoms with van der Waals surface area (Å²) in [4.78, 5) is 5.91. The summed E-state index contributed by atoms with van der Waals surface area (Å²) in [6.45, 7) is 2.22. The van der Waals surface area contributed by atoms with Crippen molar-refractivity contribution in [3.8, 4) is 5.75 Å². The third-order valence-electron chi connectivity index (χ3n) is 4.48. The molecule has 0 unspecified atom stereocenters. The fraction of sp³-hybridized carbons (Fsp3) is 0.389. The topological polar surface area (TPSA) is 45.6 Å². The molecular formula is C18H21FN2O2. The molecule has 3 rings (SSSR count). The third kappa shape index (κ3) is 3.51. The molecule has 0 saturated carbocycles. The van der Waals surface area contributed by atoms with Gasteiger partial charge in [-0.2, -0.15) is 4.39 Å². The molecule has 1 aromatic heterocycles. The lowest BCUT2D eigenvalue weighted by Gasteiger charge is -2.38. The van der Waals surface area contributed by atoms with Crippen LogP contribution in [0.25, 0.3) is 0 Å². The van der Waals surface area contributed by atoms with Crippen molar-refractivity contribution in [1.29, 1.82) is 0 Å². The highest BCUT2D eigenvalue weighted by molar-refractivity contribution is 5.28. The highest BCUT2D eigenvalue weighted by Crippen LogP contribution is 2.34. The van der Waals surface area contributed by atoms with E-state index >= 15 is 0 Å². The highest BCUT2D eigenvalue weighted by Gasteiger charge is 2.36. The average molecular weight is 316 g/mol. The second-order valence-electron chi connectivity index (χ2n) is 6.00. The molecule has 0 atom stereocenters. The van der Waals surface area contributed by atoms with Crippen molar-refractivity contribution in [3.63, 3.8) is 0 Å². The lowest BCUT2D eigenvalue weighted by atomic mass is 9.85. The van der Waals surface area contributed by atoms with E-state index in [-0.39, 0.29) is 0 Å². The van der Waals surface area contributed by atoms with E-state index < -0.39 is 11.5 Å². The van der Waals surface area contributed by atoms with E-state index in [1.54, 1.807) is 19.2 Å². The van der Waals surface area contributed by atoms with Crippen LogP contribution in [0.3, 0.4) is 0 Å². The predicted octanol–water partition coefficient (Wildman–Crippen LogP) is 2.71. The van der Waals surface area contributed by atoms with Gasteiger partial charge >= 0.3 is 0 Å². The second-order valence-corrected chi connectivity index (χ2v) is 6.00. The Morgan fingerprint density at radius 1 is 1.26 bits per heavy atom. The number of pyridine rings is 1. The Labute approximate surface area is 135 Å². The first-order valence-corrected chi connectivity index (χ1v) is 7.79. The van der Waals surface area contributed by atoms with Gasteiger partial charge in [-0.3, -0.25) is 4.90 Å². The maximum atomic E-state index is 13.8. The van der Waals surface area contributed by atoms with Gasteiger partial charge in [0.2, 0.25) is 5.95 Å². The molecule has 1 aromatic carbocycles. The van der Waals surface area contributed by atoms with E-state index in [4.69, 9.17) is 4.74 Å². The van der Waals surface area contributed by atoms with Gasteiger partial charge in [0.15, 0.2) is 0 Å². The van der Waals surface area contributed by atoms with Crippen LogP contribution in [0.4, 0.5) is 4.39 Å². The first-order valence-electron chi connectivity index (χ1n) is 7.79. The summed E-state index contributed by atoms with van der Waals surface area (Å²) in [7, 11) is 1.66. The van der Waals surface area contributed by atoms with E-state index in [9.17, 15) is 9.50 Å². The van der Waals surface area contributed by atoms with Crippen LogP contribution in [-0.2, 0) is 12.1 Å². The van der Waals surface area contributed by atoms with Gasteiger partial charge in [-0.1, -0.05) is 18.2 Å². The molecule has 2 aromatic rings. The molecule has 5 heteroatoms. The number of nitrogens with zero attached hydrogens (tertiary/aromatic N) is 2. The highest BCUT2D eigenvalue weighted by atomic mass is 19.1. The number of methoxy groups -OCH3 is 1. The molecule has 1 fully saturated rings. The Bertz CT molecular complexity index is 670. The van der Waals surface area contributed by atoms with Gasteiger partial charge in [0.05, 0.1) is 12.7 Å². The summed E-state index contributed by atoms with van der Waals surface area (Å²) in [5, 5.41) is 10.8. The minimum absolute atomic E-state index is 0.307. The first-order chi connectivity index (χ1) is 11.1. The second kappa shape index (κ2) is 6.64. The fourth-order valence-electron chi connectivity index (χ4n) is 3.11. The SMILES string of the molecule is COc1cccc(CN2CCC(O)(c3cccnc3F)CC2)c1. The fourth-order valence-corrected chi connectivity index (χ4v) is 3.11. The van der Waals surface area contributed by atoms with E-state index in [1.165, 1.54) is 11.8 Å². The zero-order valence-electron chi connectivity index (χ0n) is 13.2. The van der Waals surface area contributed by atoms with Crippen molar-refractivity contribution in [2.75, 3.05) is 20.2 Å². The number of hydrogen-bond donors (Lipinski definition) is 1. The number of hydrogen-bond acceptors (Lipinski definition) is 4. The maximum absolute atomic E-state index is 13.8. The molecule has 1 aliphatic heterocycles. The summed E-state index contributed by atoms with van der Waals surface area (Å²) in [6, 6.07) is 11.3. The first kappa shape index (κ1) is 15.9. The largest absolute Gasteiger partial charge is 0.497 e. The molecule has 23 heavy (non-hydrogen) atoms. The summed E-state index contributed by atoms with van der Waals surface area (Å²) >= 11 is 0. The number of aromatic nitrogens is 1. The molecule has 122 valence electrons. The number of piperidine rings is 1. The standard InChI is InChI=1S/C18H21FN2O2/c1-23-15-5-2-4-14(12-15)13-21-10-7-18(22,8-11-21)16-6-3-9-20-17(16)19/h2-6,9,12,22H,7-8,10-11,13H2,1H3. The van der Waals surface area contributed by atoms with E-state index in [0.717, 1.165) is 12.3 Å². The molecule has 0 amide bonds. The van der Waals surface area contributed by atoms with Gasteiger partial charge in [0.25, 0.3) is 0 Å². The minimum Gasteiger partial charge on any atom is -0.497 e. The lowest BCUT2D eigenvalue weighted by Crippen LogP contribution is -2.42. The van der Waals surface area contributed by atoms with E-state index in [1.807, 2.05) is 18.2 Å². The summed E-state index contributed by atoms with van der Waals surface area (Å²) in [5.74, 6) is 0.268. The maximum Gasteiger partial charge on any atom is 0.218 e. The van der Waals surface area contributed by atoms with Gasteiger partial charge in [-0.25, -0.2) is 4.98 Å². The predicted molar refractivity (Wildman–Crippen MR) is 85.6 cm³/mol. The van der Waals surface area contributed by atoms with E-state index in [2.05, 4.69) is 16.0 Å². The van der Waals surface area contributed by atoms with Gasteiger partial charge in [-0.05, 0) is 36.6 Å². The molecule has 0 spiro atoms. The zero-order valence-corrected chi connectivity index (χ0v) is 13.2. The van der Waals surface area contributed by atoms with Crippen LogP contribution in [0.15, 0.2) is 42.6 Å². The molecule has 0 bridgehead atoms. The van der Waals surface area contributed by atoms with Crippen molar-refractivity contribution < 1.29 is 14.2 Å². The molecule has 0 radical (unpaired) electrons. The Morgan fingerprint density at radius 3 is 2.74 bits per heavy atom. The Kier molecular flexibility index (Phi) is 4.59. The van der Waals surface area contributed by atoms with Gasteiger partial charge in [0, 0.05) is 31.4 Å². The van der Waals surface area contributed by atoms with Crippen LogP contribution in [0, 0.1) is 5.95 Å². The monoisotopic (exact) mass is 316 g/mol. The normalized spacial score (nSPS) is 17.9.